The first-order valence-corrected chi connectivity index (χ1v) is 34.6. The molecule has 0 saturated carbocycles. The summed E-state index contributed by atoms with van der Waals surface area (Å²) in [5.41, 5.74) is 0. The van der Waals surface area contributed by atoms with E-state index in [0.717, 1.165) is 0 Å². The number of likely N-dealkylation sites (N-methyl/N-ethyl adjacent to an activating group) is 2. The Morgan fingerprint density at radius 1 is 0.276 bits per heavy atom. The lowest BCUT2D eigenvalue weighted by atomic mass is 9.95. The van der Waals surface area contributed by atoms with Gasteiger partial charge in [0.05, 0.1) is 39.6 Å². The zero-order chi connectivity index (χ0) is 77.0. The van der Waals surface area contributed by atoms with Crippen molar-refractivity contribution in [3.8, 4) is 0 Å². The van der Waals surface area contributed by atoms with Crippen LogP contribution in [0.5, 0.6) is 0 Å². The minimum atomic E-state index is -2.33. The van der Waals surface area contributed by atoms with Crippen LogP contribution in [0.15, 0.2) is 0 Å². The summed E-state index contributed by atoms with van der Waals surface area (Å²) in [6.45, 7) is -5.73. The second kappa shape index (κ2) is 40.1. The number of carbonyl (C=O) groups is 4. The summed E-state index contributed by atoms with van der Waals surface area (Å²) in [6, 6.07) is 0. The van der Waals surface area contributed by atoms with Gasteiger partial charge in [-0.1, -0.05) is 0 Å². The SMILES string of the molecule is CN(C)CCNC(=O)CCN(CCC(=O)NCCN(C)C)C(=O)CCCC(=O)NC[C@H]1O[C@@H]2O[C@H]3[C@H](O)[C@@H](O)[C@@H](O[C@H]4[C@H](O)[C@@H](O)[C@@H](O[C@H]5[C@H](O)[C@@H](O)[C@@H](O[C@H]6[C@H](O)[C@@H](O)[C@@H](O[C@H]7[C@H](O)[C@@H](O)[C@@H](O[C@H]8[C@H](O)[C@@H](O)[C@@H](O[C@H]1[C@H](O)[C@H]2O)O[C@@H]8CO)O[C@@H]7CO)O[C@@H]6CO)O[C@@H]5CO)O[C@@H]4CO)O[C@@H]3CO. The molecule has 44 heteroatoms. The summed E-state index contributed by atoms with van der Waals surface area (Å²) in [5, 5.41) is 234. The van der Waals surface area contributed by atoms with Gasteiger partial charge in [0.15, 0.2) is 44.0 Å². The molecule has 14 bridgehead atoms. The van der Waals surface area contributed by atoms with E-state index in [1.807, 2.05) is 38.0 Å². The molecule has 21 aliphatic heterocycles. The molecule has 35 atom stereocenters. The van der Waals surface area contributed by atoms with Crippen molar-refractivity contribution >= 4 is 23.6 Å². The number of nitrogens with one attached hydrogen (secondary N) is 3. The monoisotopic (exact) mass is 1530 g/mol. The van der Waals surface area contributed by atoms with E-state index >= 15 is 0 Å². The molecule has 0 radical (unpaired) electrons. The lowest BCUT2D eigenvalue weighted by Crippen LogP contribution is -2.68. The summed E-state index contributed by atoms with van der Waals surface area (Å²) in [4.78, 5) is 58.0. The Morgan fingerprint density at radius 3 is 0.724 bits per heavy atom. The van der Waals surface area contributed by atoms with Crippen molar-refractivity contribution in [3.63, 3.8) is 0 Å². The largest absolute Gasteiger partial charge is 0.394 e. The van der Waals surface area contributed by atoms with Gasteiger partial charge in [0, 0.05) is 71.5 Å². The quantitative estimate of drug-likeness (QED) is 0.0427. The zero-order valence-corrected chi connectivity index (χ0v) is 58.1. The first-order valence-electron chi connectivity index (χ1n) is 34.6. The van der Waals surface area contributed by atoms with Crippen molar-refractivity contribution in [1.82, 2.24) is 30.7 Å². The molecule has 21 aliphatic rings. The standard InChI is InChI=1S/C61H106N6O38/c1-65(2)14-10-62-31(75)8-12-67(13-9-32(76)63-11-15-66(3)4)33(77)7-5-6-30(74)64-16-23-48-34(78)41(85)55(92-23)100-49-24(17-68)94-57(43(87)36(49)80)102-51-26(19-70)96-59(45(89)38(51)82)104-53-28(21-72)98-61(47(91)40(53)84)105-54-29(22-73)97-60(46(90)39(54)83)103-52-27(20-71)95-58(44(88)37(52)81)101-50-25(18-69)93-56(99-48)42(86)35(50)79/h23-29,34-61,68-73,78-91H,5-22H2,1-4H3,(H,62,75)(H,63,76)(H,64,74)/t23-,24-,25-,26-,27-,28-,29-,34-,35-,36-,37-,38-,39-,40-,41-,42-,43-,44-,45-,46-,47-,48-,49-,50-,51-,52-,53-,54-,55-,56-,57-,58-,59-,60-,61-/m1/s1. The van der Waals surface area contributed by atoms with Gasteiger partial charge in [0.1, 0.15) is 171 Å². The molecule has 0 unspecified atom stereocenters. The van der Waals surface area contributed by atoms with Gasteiger partial charge < -0.3 is 199 Å². The van der Waals surface area contributed by atoms with Crippen molar-refractivity contribution < 1.29 is 188 Å². The molecule has 0 aromatic rings. The van der Waals surface area contributed by atoms with Crippen LogP contribution in [0.4, 0.5) is 0 Å². The molecule has 0 aliphatic carbocycles. The van der Waals surface area contributed by atoms with E-state index < -0.39 is 273 Å². The number of hydrogen-bond donors (Lipinski definition) is 23. The predicted octanol–water partition coefficient (Wildman–Crippen LogP) is -16.0. The molecule has 21 rings (SSSR count). The Labute approximate surface area is 601 Å². The molecule has 44 nitrogen and oxygen atoms in total. The first kappa shape index (κ1) is 87.0. The number of rotatable bonds is 24. The summed E-state index contributed by atoms with van der Waals surface area (Å²) in [6.07, 6.45) is -73.9. The van der Waals surface area contributed by atoms with Crippen LogP contribution < -0.4 is 16.0 Å². The molecule has 21 fully saturated rings. The lowest BCUT2D eigenvalue weighted by Gasteiger charge is -2.50. The van der Waals surface area contributed by atoms with E-state index in [1.165, 1.54) is 4.90 Å². The smallest absolute Gasteiger partial charge is 0.222 e. The van der Waals surface area contributed by atoms with E-state index in [9.17, 15) is 121 Å². The van der Waals surface area contributed by atoms with Crippen molar-refractivity contribution in [2.75, 3.05) is 114 Å². The van der Waals surface area contributed by atoms with Gasteiger partial charge in [-0.2, -0.15) is 0 Å². The molecule has 21 heterocycles. The second-order valence-corrected chi connectivity index (χ2v) is 27.3. The molecule has 0 spiro atoms. The normalized spacial score (nSPS) is 43.6. The van der Waals surface area contributed by atoms with E-state index in [2.05, 4.69) is 16.0 Å². The number of aliphatic hydroxyl groups excluding tert-OH is 20. The number of nitrogens with zero attached hydrogens (tertiary/aromatic N) is 3. The highest BCUT2D eigenvalue weighted by Crippen LogP contribution is 2.39. The van der Waals surface area contributed by atoms with Crippen molar-refractivity contribution in [2.24, 2.45) is 0 Å². The minimum Gasteiger partial charge on any atom is -0.394 e. The van der Waals surface area contributed by atoms with Gasteiger partial charge >= 0.3 is 0 Å². The molecular weight excluding hydrogens is 1420 g/mol. The topological polar surface area (TPSA) is 648 Å². The number of carbonyl (C=O) groups excluding carboxylic acids is 4. The van der Waals surface area contributed by atoms with Crippen LogP contribution in [0.2, 0.25) is 0 Å². The summed E-state index contributed by atoms with van der Waals surface area (Å²) >= 11 is 0. The molecule has 4 amide bonds. The van der Waals surface area contributed by atoms with E-state index in [-0.39, 0.29) is 57.0 Å². The maximum Gasteiger partial charge on any atom is 0.222 e. The average molecular weight is 1530 g/mol. The number of ether oxygens (including phenoxy) is 14. The van der Waals surface area contributed by atoms with Crippen LogP contribution in [0.1, 0.15) is 32.1 Å². The molecule has 105 heavy (non-hydrogen) atoms. The maximum absolute atomic E-state index is 13.8. The summed E-state index contributed by atoms with van der Waals surface area (Å²) in [7, 11) is 7.28. The van der Waals surface area contributed by atoms with Gasteiger partial charge in [-0.05, 0) is 34.6 Å². The fourth-order valence-corrected chi connectivity index (χ4v) is 13.1. The number of amides is 4. The van der Waals surface area contributed by atoms with Crippen molar-refractivity contribution in [3.05, 3.63) is 0 Å². The number of aliphatic hydroxyl groups is 20. The third kappa shape index (κ3) is 21.4. The van der Waals surface area contributed by atoms with Gasteiger partial charge in [0.2, 0.25) is 23.6 Å². The van der Waals surface area contributed by atoms with Gasteiger partial charge in [0.25, 0.3) is 0 Å². The second-order valence-electron chi connectivity index (χ2n) is 27.3. The van der Waals surface area contributed by atoms with Crippen LogP contribution in [0.3, 0.4) is 0 Å². The molecule has 0 aromatic heterocycles. The van der Waals surface area contributed by atoms with E-state index in [4.69, 9.17) is 66.3 Å². The highest BCUT2D eigenvalue weighted by Gasteiger charge is 2.60. The fourth-order valence-electron chi connectivity index (χ4n) is 13.1. The summed E-state index contributed by atoms with van der Waals surface area (Å²) in [5.74, 6) is -2.01. The van der Waals surface area contributed by atoms with Gasteiger partial charge in [-0.25, -0.2) is 0 Å². The Bertz CT molecular complexity index is 2630. The van der Waals surface area contributed by atoms with Gasteiger partial charge in [-0.15, -0.1) is 0 Å². The predicted molar refractivity (Wildman–Crippen MR) is 337 cm³/mol. The van der Waals surface area contributed by atoms with E-state index in [0.29, 0.717) is 26.2 Å². The molecular formula is C61H106N6O38. The third-order valence-corrected chi connectivity index (χ3v) is 19.2. The fraction of sp³-hybridized carbons (Fsp3) is 0.934. The van der Waals surface area contributed by atoms with Crippen LogP contribution in [0.25, 0.3) is 0 Å². The van der Waals surface area contributed by atoms with Crippen LogP contribution in [-0.4, -0.2) is 469 Å². The van der Waals surface area contributed by atoms with Crippen molar-refractivity contribution in [1.29, 1.82) is 0 Å². The Kier molecular flexibility index (Phi) is 33.2. The van der Waals surface area contributed by atoms with E-state index in [1.54, 1.807) is 0 Å². The maximum atomic E-state index is 13.8. The number of hydrogen-bond acceptors (Lipinski definition) is 40. The third-order valence-electron chi connectivity index (χ3n) is 19.2. The Morgan fingerprint density at radius 2 is 0.495 bits per heavy atom. The van der Waals surface area contributed by atoms with Crippen molar-refractivity contribution in [2.45, 2.75) is 247 Å². The highest BCUT2D eigenvalue weighted by molar-refractivity contribution is 5.81. The Hall–Kier alpha value is -3.56. The molecule has 21 saturated heterocycles. The molecule has 608 valence electrons. The average Bonchev–Trinajstić information content (AvgIpc) is 0.790. The van der Waals surface area contributed by atoms with Crippen LogP contribution >= 0.6 is 0 Å². The van der Waals surface area contributed by atoms with Gasteiger partial charge in [-0.3, -0.25) is 19.2 Å². The molecule has 23 N–H and O–H groups in total. The lowest BCUT2D eigenvalue weighted by molar-refractivity contribution is -0.396. The first-order chi connectivity index (χ1) is 49.9. The highest BCUT2D eigenvalue weighted by atomic mass is 16.8. The Balaban J connectivity index is 1.04. The minimum absolute atomic E-state index is 0.0760. The van der Waals surface area contributed by atoms with Crippen LogP contribution in [0, 0.1) is 0 Å². The summed E-state index contributed by atoms with van der Waals surface area (Å²) < 4.78 is 81.5. The molecule has 0 aromatic carbocycles. The zero-order valence-electron chi connectivity index (χ0n) is 58.1. The van der Waals surface area contributed by atoms with Crippen LogP contribution in [-0.2, 0) is 85.5 Å².